The van der Waals surface area contributed by atoms with Crippen molar-refractivity contribution in [1.82, 2.24) is 0 Å². The van der Waals surface area contributed by atoms with Crippen molar-refractivity contribution < 1.29 is 18.6 Å². The van der Waals surface area contributed by atoms with Crippen LogP contribution in [0.2, 0.25) is 0 Å². The molecule has 0 amide bonds. The standard InChI is InChI=1S/C15H13BrF2O2/c1-9(19)12-4-3-11(17)7-15(12)20-8-10-2-5-14(18)13(16)6-10/h2-7,9,19H,8H2,1H3. The summed E-state index contributed by atoms with van der Waals surface area (Å²) < 4.78 is 32.2. The number of rotatable bonds is 4. The highest BCUT2D eigenvalue weighted by molar-refractivity contribution is 9.10. The van der Waals surface area contributed by atoms with Crippen LogP contribution >= 0.6 is 15.9 Å². The molecule has 0 aliphatic rings. The quantitative estimate of drug-likeness (QED) is 0.894. The Kier molecular flexibility index (Phi) is 4.73. The summed E-state index contributed by atoms with van der Waals surface area (Å²) >= 11 is 3.09. The van der Waals surface area contributed by atoms with Gasteiger partial charge < -0.3 is 9.84 Å². The number of hydrogen-bond acceptors (Lipinski definition) is 2. The van der Waals surface area contributed by atoms with E-state index < -0.39 is 11.9 Å². The van der Waals surface area contributed by atoms with Gasteiger partial charge in [-0.05, 0) is 52.7 Å². The Morgan fingerprint density at radius 3 is 2.60 bits per heavy atom. The normalized spacial score (nSPS) is 12.2. The molecule has 0 spiro atoms. The highest BCUT2D eigenvalue weighted by Crippen LogP contribution is 2.27. The molecule has 2 aromatic rings. The van der Waals surface area contributed by atoms with E-state index in [1.165, 1.54) is 24.3 Å². The van der Waals surface area contributed by atoms with E-state index in [1.807, 2.05) is 0 Å². The molecule has 0 aliphatic heterocycles. The Balaban J connectivity index is 2.17. The summed E-state index contributed by atoms with van der Waals surface area (Å²) in [6, 6.07) is 8.47. The van der Waals surface area contributed by atoms with Gasteiger partial charge in [-0.1, -0.05) is 6.07 Å². The molecule has 0 fully saturated rings. The summed E-state index contributed by atoms with van der Waals surface area (Å²) in [7, 11) is 0. The highest BCUT2D eigenvalue weighted by atomic mass is 79.9. The largest absolute Gasteiger partial charge is 0.488 e. The minimum atomic E-state index is -0.759. The molecule has 1 N–H and O–H groups in total. The van der Waals surface area contributed by atoms with Gasteiger partial charge in [-0.2, -0.15) is 0 Å². The second kappa shape index (κ2) is 6.33. The number of aliphatic hydroxyl groups is 1. The van der Waals surface area contributed by atoms with E-state index in [0.717, 1.165) is 5.56 Å². The third-order valence-corrected chi connectivity index (χ3v) is 3.41. The van der Waals surface area contributed by atoms with Crippen molar-refractivity contribution in [2.75, 3.05) is 0 Å². The van der Waals surface area contributed by atoms with Gasteiger partial charge in [-0.25, -0.2) is 8.78 Å². The fourth-order valence-corrected chi connectivity index (χ4v) is 2.20. The van der Waals surface area contributed by atoms with E-state index >= 15 is 0 Å². The fraction of sp³-hybridized carbons (Fsp3) is 0.200. The molecule has 0 saturated carbocycles. The first-order valence-corrected chi connectivity index (χ1v) is 6.81. The maximum absolute atomic E-state index is 13.2. The summed E-state index contributed by atoms with van der Waals surface area (Å²) in [5.74, 6) is -0.519. The van der Waals surface area contributed by atoms with Gasteiger partial charge in [0, 0.05) is 11.6 Å². The van der Waals surface area contributed by atoms with Gasteiger partial charge in [0.2, 0.25) is 0 Å². The van der Waals surface area contributed by atoms with Crippen molar-refractivity contribution in [2.45, 2.75) is 19.6 Å². The monoisotopic (exact) mass is 342 g/mol. The zero-order valence-electron chi connectivity index (χ0n) is 10.7. The van der Waals surface area contributed by atoms with Gasteiger partial charge in [0.05, 0.1) is 10.6 Å². The molecule has 2 aromatic carbocycles. The minimum Gasteiger partial charge on any atom is -0.488 e. The summed E-state index contributed by atoms with van der Waals surface area (Å²) in [6.07, 6.45) is -0.759. The molecular formula is C15H13BrF2O2. The molecule has 0 aromatic heterocycles. The van der Waals surface area contributed by atoms with Crippen LogP contribution in [0.3, 0.4) is 0 Å². The minimum absolute atomic E-state index is 0.155. The first kappa shape index (κ1) is 14.9. The lowest BCUT2D eigenvalue weighted by Gasteiger charge is -2.13. The fourth-order valence-electron chi connectivity index (χ4n) is 1.77. The number of ether oxygens (including phenoxy) is 1. The van der Waals surface area contributed by atoms with Crippen molar-refractivity contribution in [3.8, 4) is 5.75 Å². The molecule has 0 heterocycles. The van der Waals surface area contributed by atoms with Crippen molar-refractivity contribution in [1.29, 1.82) is 0 Å². The van der Waals surface area contributed by atoms with Crippen LogP contribution in [0.25, 0.3) is 0 Å². The lowest BCUT2D eigenvalue weighted by molar-refractivity contribution is 0.190. The second-order valence-corrected chi connectivity index (χ2v) is 5.25. The predicted molar refractivity (Wildman–Crippen MR) is 75.5 cm³/mol. The molecule has 0 aliphatic carbocycles. The van der Waals surface area contributed by atoms with Crippen LogP contribution in [0.4, 0.5) is 8.78 Å². The number of aliphatic hydroxyl groups excluding tert-OH is 1. The summed E-state index contributed by atoms with van der Waals surface area (Å²) in [6.45, 7) is 1.73. The number of benzene rings is 2. The van der Waals surface area contributed by atoms with E-state index in [-0.39, 0.29) is 18.2 Å². The van der Waals surface area contributed by atoms with Crippen LogP contribution < -0.4 is 4.74 Å². The molecule has 2 nitrogen and oxygen atoms in total. The predicted octanol–water partition coefficient (Wildman–Crippen LogP) is 4.36. The third-order valence-electron chi connectivity index (χ3n) is 2.80. The Morgan fingerprint density at radius 1 is 1.20 bits per heavy atom. The molecular weight excluding hydrogens is 330 g/mol. The SMILES string of the molecule is CC(O)c1ccc(F)cc1OCc1ccc(F)c(Br)c1. The second-order valence-electron chi connectivity index (χ2n) is 4.40. The third kappa shape index (κ3) is 3.55. The van der Waals surface area contributed by atoms with E-state index in [9.17, 15) is 13.9 Å². The average Bonchev–Trinajstić information content (AvgIpc) is 2.40. The first-order valence-electron chi connectivity index (χ1n) is 6.01. The van der Waals surface area contributed by atoms with Crippen molar-refractivity contribution in [3.05, 3.63) is 63.6 Å². The maximum Gasteiger partial charge on any atom is 0.137 e. The van der Waals surface area contributed by atoms with Crippen molar-refractivity contribution in [3.63, 3.8) is 0 Å². The molecule has 1 unspecified atom stereocenters. The van der Waals surface area contributed by atoms with E-state index in [0.29, 0.717) is 10.0 Å². The Hall–Kier alpha value is -1.46. The molecule has 0 bridgehead atoms. The van der Waals surface area contributed by atoms with Gasteiger partial charge in [-0.15, -0.1) is 0 Å². The van der Waals surface area contributed by atoms with Crippen LogP contribution in [-0.4, -0.2) is 5.11 Å². The molecule has 1 atom stereocenters. The van der Waals surface area contributed by atoms with Crippen LogP contribution in [0.5, 0.6) is 5.75 Å². The van der Waals surface area contributed by atoms with Crippen molar-refractivity contribution >= 4 is 15.9 Å². The van der Waals surface area contributed by atoms with E-state index in [1.54, 1.807) is 19.1 Å². The van der Waals surface area contributed by atoms with Crippen LogP contribution in [-0.2, 0) is 6.61 Å². The Morgan fingerprint density at radius 2 is 1.95 bits per heavy atom. The molecule has 2 rings (SSSR count). The summed E-state index contributed by atoms with van der Waals surface area (Å²) in [5, 5.41) is 9.61. The lowest BCUT2D eigenvalue weighted by atomic mass is 10.1. The van der Waals surface area contributed by atoms with Gasteiger partial charge in [-0.3, -0.25) is 0 Å². The maximum atomic E-state index is 13.2. The molecule has 106 valence electrons. The van der Waals surface area contributed by atoms with Crippen molar-refractivity contribution in [2.24, 2.45) is 0 Å². The van der Waals surface area contributed by atoms with Crippen LogP contribution in [0, 0.1) is 11.6 Å². The zero-order valence-corrected chi connectivity index (χ0v) is 12.3. The average molecular weight is 343 g/mol. The summed E-state index contributed by atoms with van der Waals surface area (Å²) in [5.41, 5.74) is 1.24. The number of hydrogen-bond donors (Lipinski definition) is 1. The molecule has 5 heteroatoms. The van der Waals surface area contributed by atoms with Gasteiger partial charge >= 0.3 is 0 Å². The van der Waals surface area contributed by atoms with Gasteiger partial charge in [0.25, 0.3) is 0 Å². The smallest absolute Gasteiger partial charge is 0.137 e. The molecule has 0 saturated heterocycles. The Bertz CT molecular complexity index is 615. The molecule has 20 heavy (non-hydrogen) atoms. The van der Waals surface area contributed by atoms with Crippen LogP contribution in [0.15, 0.2) is 40.9 Å². The Labute approximate surface area is 124 Å². The van der Waals surface area contributed by atoms with E-state index in [4.69, 9.17) is 4.74 Å². The first-order chi connectivity index (χ1) is 9.47. The highest BCUT2D eigenvalue weighted by Gasteiger charge is 2.11. The van der Waals surface area contributed by atoms with E-state index in [2.05, 4.69) is 15.9 Å². The molecule has 0 radical (unpaired) electrons. The topological polar surface area (TPSA) is 29.5 Å². The summed E-state index contributed by atoms with van der Waals surface area (Å²) in [4.78, 5) is 0. The lowest BCUT2D eigenvalue weighted by Crippen LogP contribution is -2.02. The van der Waals surface area contributed by atoms with Gasteiger partial charge in [0.1, 0.15) is 24.0 Å². The number of halogens is 3. The van der Waals surface area contributed by atoms with Crippen LogP contribution in [0.1, 0.15) is 24.2 Å². The zero-order chi connectivity index (χ0) is 14.7. The van der Waals surface area contributed by atoms with Gasteiger partial charge in [0.15, 0.2) is 0 Å².